The fourth-order valence-electron chi connectivity index (χ4n) is 2.25. The third kappa shape index (κ3) is 7.62. The van der Waals surface area contributed by atoms with Gasteiger partial charge in [0.2, 0.25) is 5.76 Å². The lowest BCUT2D eigenvalue weighted by atomic mass is 10.2. The van der Waals surface area contributed by atoms with Crippen LogP contribution in [0.2, 0.25) is 19.6 Å². The second-order valence-electron chi connectivity index (χ2n) is 6.41. The minimum Gasteiger partial charge on any atom is -0.488 e. The molecular weight excluding hydrogens is 328 g/mol. The molecular formula is C17H28O6Si. The lowest BCUT2D eigenvalue weighted by Gasteiger charge is -2.28. The van der Waals surface area contributed by atoms with Gasteiger partial charge in [0.05, 0.1) is 7.11 Å². The number of ether oxygens (including phenoxy) is 4. The van der Waals surface area contributed by atoms with Crippen LogP contribution in [0, 0.1) is 11.8 Å². The molecule has 0 aromatic rings. The van der Waals surface area contributed by atoms with Gasteiger partial charge in [0.1, 0.15) is 12.7 Å². The van der Waals surface area contributed by atoms with E-state index in [0.29, 0.717) is 0 Å². The van der Waals surface area contributed by atoms with E-state index < -0.39 is 20.5 Å². The molecule has 0 aromatic carbocycles. The van der Waals surface area contributed by atoms with Crippen LogP contribution in [0.15, 0.2) is 5.76 Å². The third-order valence-corrected chi connectivity index (χ3v) is 4.27. The molecule has 0 bridgehead atoms. The molecule has 1 heterocycles. The Morgan fingerprint density at radius 2 is 2.04 bits per heavy atom. The Morgan fingerprint density at radius 3 is 2.54 bits per heavy atom. The molecule has 1 rings (SSSR count). The molecule has 0 spiro atoms. The highest BCUT2D eigenvalue weighted by molar-refractivity contribution is 6.69. The van der Waals surface area contributed by atoms with E-state index in [1.807, 2.05) is 19.6 Å². The van der Waals surface area contributed by atoms with Crippen molar-refractivity contribution < 1.29 is 28.2 Å². The zero-order valence-corrected chi connectivity index (χ0v) is 16.2. The minimum absolute atomic E-state index is 0.0339. The fraction of sp³-hybridized carbons (Fsp3) is 0.765. The van der Waals surface area contributed by atoms with Gasteiger partial charge in [-0.15, -0.1) is 0 Å². The van der Waals surface area contributed by atoms with Crippen molar-refractivity contribution in [3.63, 3.8) is 0 Å². The summed E-state index contributed by atoms with van der Waals surface area (Å²) in [7, 11) is 0.970. The maximum Gasteiger partial charge on any atom is 0.212 e. The van der Waals surface area contributed by atoms with Gasteiger partial charge in [-0.25, -0.2) is 4.79 Å². The minimum atomic E-state index is -1.91. The quantitative estimate of drug-likeness (QED) is 0.287. The maximum atomic E-state index is 11.0. The highest BCUT2D eigenvalue weighted by Gasteiger charge is 2.31. The third-order valence-electron chi connectivity index (χ3n) is 3.31. The molecule has 6 nitrogen and oxygen atoms in total. The first-order valence-electron chi connectivity index (χ1n) is 8.12. The van der Waals surface area contributed by atoms with E-state index in [1.165, 1.54) is 14.2 Å². The summed E-state index contributed by atoms with van der Waals surface area (Å²) in [5.41, 5.74) is 0. The summed E-state index contributed by atoms with van der Waals surface area (Å²) in [5.74, 6) is 7.71. The van der Waals surface area contributed by atoms with Crippen LogP contribution in [0.5, 0.6) is 0 Å². The van der Waals surface area contributed by atoms with E-state index in [9.17, 15) is 4.79 Å². The first-order chi connectivity index (χ1) is 11.4. The summed E-state index contributed by atoms with van der Waals surface area (Å²) < 4.78 is 27.5. The van der Waals surface area contributed by atoms with Crippen LogP contribution in [0.1, 0.15) is 19.3 Å². The van der Waals surface area contributed by atoms with E-state index in [-0.39, 0.29) is 18.7 Å². The van der Waals surface area contributed by atoms with Crippen LogP contribution in [-0.4, -0.2) is 60.2 Å². The fourth-order valence-corrected chi connectivity index (χ4v) is 3.20. The molecule has 0 aliphatic carbocycles. The Kier molecular flexibility index (Phi) is 9.30. The lowest BCUT2D eigenvalue weighted by Crippen LogP contribution is -2.40. The second kappa shape index (κ2) is 10.7. The van der Waals surface area contributed by atoms with Gasteiger partial charge < -0.3 is 23.4 Å². The Bertz CT molecular complexity index is 478. The summed E-state index contributed by atoms with van der Waals surface area (Å²) in [6.07, 6.45) is 1.54. The summed E-state index contributed by atoms with van der Waals surface area (Å²) in [5, 5.41) is 0. The molecule has 0 amide bonds. The Labute approximate surface area is 145 Å². The van der Waals surface area contributed by atoms with Crippen LogP contribution in [-0.2, 0) is 28.2 Å². The summed E-state index contributed by atoms with van der Waals surface area (Å²) in [4.78, 5) is 11.0. The maximum absolute atomic E-state index is 11.0. The van der Waals surface area contributed by atoms with E-state index in [4.69, 9.17) is 23.4 Å². The summed E-state index contributed by atoms with van der Waals surface area (Å²) in [6.45, 7) is 7.08. The van der Waals surface area contributed by atoms with Gasteiger partial charge in [-0.3, -0.25) is 0 Å². The Hall–Kier alpha value is -1.13. The molecule has 0 N–H and O–H groups in total. The van der Waals surface area contributed by atoms with Gasteiger partial charge >= 0.3 is 0 Å². The molecule has 0 saturated carbocycles. The van der Waals surface area contributed by atoms with Gasteiger partial charge in [0, 0.05) is 13.7 Å². The summed E-state index contributed by atoms with van der Waals surface area (Å²) in [6, 6.07) is 0. The van der Waals surface area contributed by atoms with Crippen LogP contribution in [0.4, 0.5) is 0 Å². The Morgan fingerprint density at radius 1 is 1.29 bits per heavy atom. The van der Waals surface area contributed by atoms with Crippen molar-refractivity contribution in [2.75, 3.05) is 27.4 Å². The molecule has 1 aliphatic heterocycles. The second-order valence-corrected chi connectivity index (χ2v) is 10.9. The van der Waals surface area contributed by atoms with Crippen molar-refractivity contribution in [3.05, 3.63) is 5.76 Å². The predicted molar refractivity (Wildman–Crippen MR) is 92.6 cm³/mol. The SMILES string of the molecule is COC(=C=O)C(OC)C(C#CCOC1CCCCO1)O[Si](C)(C)C. The van der Waals surface area contributed by atoms with E-state index >= 15 is 0 Å². The summed E-state index contributed by atoms with van der Waals surface area (Å²) >= 11 is 0. The Balaban J connectivity index is 2.74. The lowest BCUT2D eigenvalue weighted by molar-refractivity contribution is -0.154. The van der Waals surface area contributed by atoms with Gasteiger partial charge in [-0.05, 0) is 38.9 Å². The normalized spacial score (nSPS) is 20.3. The van der Waals surface area contributed by atoms with E-state index in [0.717, 1.165) is 25.9 Å². The van der Waals surface area contributed by atoms with E-state index in [1.54, 1.807) is 5.94 Å². The first kappa shape index (κ1) is 20.9. The molecule has 0 aromatic heterocycles. The number of methoxy groups -OCH3 is 2. The zero-order valence-electron chi connectivity index (χ0n) is 15.2. The van der Waals surface area contributed by atoms with Crippen LogP contribution < -0.4 is 0 Å². The topological polar surface area (TPSA) is 63.2 Å². The molecule has 136 valence electrons. The molecule has 7 heteroatoms. The van der Waals surface area contributed by atoms with Gasteiger partial charge in [0.15, 0.2) is 26.7 Å². The van der Waals surface area contributed by atoms with Gasteiger partial charge in [0.25, 0.3) is 0 Å². The average molecular weight is 356 g/mol. The highest BCUT2D eigenvalue weighted by Crippen LogP contribution is 2.17. The van der Waals surface area contributed by atoms with Crippen molar-refractivity contribution in [1.29, 1.82) is 0 Å². The first-order valence-corrected chi connectivity index (χ1v) is 11.5. The highest BCUT2D eigenvalue weighted by atomic mass is 28.4. The molecule has 24 heavy (non-hydrogen) atoms. The largest absolute Gasteiger partial charge is 0.488 e. The van der Waals surface area contributed by atoms with Crippen LogP contribution in [0.25, 0.3) is 0 Å². The van der Waals surface area contributed by atoms with Gasteiger partial charge in [-0.2, -0.15) is 0 Å². The smallest absolute Gasteiger partial charge is 0.212 e. The monoisotopic (exact) mass is 356 g/mol. The van der Waals surface area contributed by atoms with Crippen LogP contribution >= 0.6 is 0 Å². The van der Waals surface area contributed by atoms with Crippen molar-refractivity contribution in [2.45, 2.75) is 57.4 Å². The average Bonchev–Trinajstić information content (AvgIpc) is 2.55. The standard InChI is InChI=1S/C17H28O6Si/c1-19-15(13-18)17(20-2)14(23-24(3,4)5)9-8-12-22-16-10-6-7-11-21-16/h14,16-17H,6-7,10-12H2,1-5H3. The molecule has 3 atom stereocenters. The molecule has 3 unspecified atom stereocenters. The predicted octanol–water partition coefficient (Wildman–Crippen LogP) is 2.13. The number of hydrogen-bond acceptors (Lipinski definition) is 6. The molecule has 1 fully saturated rings. The molecule has 1 aliphatic rings. The van der Waals surface area contributed by atoms with Gasteiger partial charge in [-0.1, -0.05) is 11.8 Å². The van der Waals surface area contributed by atoms with Crippen molar-refractivity contribution in [3.8, 4) is 11.8 Å². The zero-order chi connectivity index (χ0) is 18.0. The number of carbonyl (C=O) groups excluding carboxylic acids is 1. The number of rotatable bonds is 8. The van der Waals surface area contributed by atoms with Crippen molar-refractivity contribution in [1.82, 2.24) is 0 Å². The number of hydrogen-bond donors (Lipinski definition) is 0. The van der Waals surface area contributed by atoms with Crippen LogP contribution in [0.3, 0.4) is 0 Å². The van der Waals surface area contributed by atoms with Crippen molar-refractivity contribution >= 4 is 14.3 Å². The van der Waals surface area contributed by atoms with E-state index in [2.05, 4.69) is 11.8 Å². The molecule has 1 saturated heterocycles. The van der Waals surface area contributed by atoms with Crippen molar-refractivity contribution in [2.24, 2.45) is 0 Å². The molecule has 0 radical (unpaired) electrons.